The first-order valence-electron chi connectivity index (χ1n) is 4.00. The fraction of sp³-hybridized carbons (Fsp3) is 0. The Balaban J connectivity index is 2.72. The lowest BCUT2D eigenvalue weighted by molar-refractivity contribution is -0.132. The second-order valence-corrected chi connectivity index (χ2v) is 2.58. The van der Waals surface area contributed by atoms with Gasteiger partial charge in [0, 0.05) is 12.2 Å². The standard InChI is InChI=1S/C10H8O5/c11-9(12)5-3-7-1-2-8(15-7)4-6-10(13)14/h1-6H,(H,11,12)(H,13,14)/b5-3+,6-4+. The molecule has 5 heteroatoms. The zero-order chi connectivity index (χ0) is 11.3. The van der Waals surface area contributed by atoms with Gasteiger partial charge in [-0.1, -0.05) is 0 Å². The summed E-state index contributed by atoms with van der Waals surface area (Å²) < 4.78 is 5.08. The van der Waals surface area contributed by atoms with Crippen molar-refractivity contribution < 1.29 is 24.2 Å². The van der Waals surface area contributed by atoms with Crippen LogP contribution in [0, 0.1) is 0 Å². The Kier molecular flexibility index (Phi) is 3.45. The van der Waals surface area contributed by atoms with Gasteiger partial charge in [-0.15, -0.1) is 0 Å². The van der Waals surface area contributed by atoms with Gasteiger partial charge in [-0.3, -0.25) is 0 Å². The van der Waals surface area contributed by atoms with Crippen molar-refractivity contribution in [1.29, 1.82) is 0 Å². The molecule has 2 N–H and O–H groups in total. The smallest absolute Gasteiger partial charge is 0.328 e. The van der Waals surface area contributed by atoms with E-state index in [0.29, 0.717) is 11.5 Å². The molecule has 1 aromatic rings. The Morgan fingerprint density at radius 1 is 1.00 bits per heavy atom. The quantitative estimate of drug-likeness (QED) is 0.731. The summed E-state index contributed by atoms with van der Waals surface area (Å²) in [7, 11) is 0. The van der Waals surface area contributed by atoms with Crippen LogP contribution in [0.4, 0.5) is 0 Å². The molecule has 0 atom stereocenters. The molecule has 1 rings (SSSR count). The van der Waals surface area contributed by atoms with Gasteiger partial charge in [0.1, 0.15) is 11.5 Å². The molecular weight excluding hydrogens is 200 g/mol. The highest BCUT2D eigenvalue weighted by Crippen LogP contribution is 2.10. The minimum Gasteiger partial charge on any atom is -0.478 e. The van der Waals surface area contributed by atoms with Crippen LogP contribution >= 0.6 is 0 Å². The van der Waals surface area contributed by atoms with E-state index in [0.717, 1.165) is 12.2 Å². The maximum atomic E-state index is 10.2. The van der Waals surface area contributed by atoms with E-state index >= 15 is 0 Å². The first-order valence-corrected chi connectivity index (χ1v) is 4.00. The van der Waals surface area contributed by atoms with Crippen molar-refractivity contribution in [3.05, 3.63) is 35.8 Å². The van der Waals surface area contributed by atoms with Gasteiger partial charge in [0.15, 0.2) is 0 Å². The molecule has 5 nitrogen and oxygen atoms in total. The number of hydrogen-bond donors (Lipinski definition) is 2. The topological polar surface area (TPSA) is 87.7 Å². The molecule has 15 heavy (non-hydrogen) atoms. The van der Waals surface area contributed by atoms with Gasteiger partial charge in [-0.05, 0) is 24.3 Å². The molecule has 0 aromatic carbocycles. The van der Waals surface area contributed by atoms with Crippen LogP contribution < -0.4 is 0 Å². The SMILES string of the molecule is O=C(O)/C=C/c1ccc(/C=C/C(=O)O)o1. The lowest BCUT2D eigenvalue weighted by Crippen LogP contribution is -1.85. The van der Waals surface area contributed by atoms with E-state index in [1.165, 1.54) is 12.2 Å². The van der Waals surface area contributed by atoms with Crippen molar-refractivity contribution in [2.24, 2.45) is 0 Å². The minimum absolute atomic E-state index is 0.349. The molecule has 0 spiro atoms. The molecule has 1 heterocycles. The molecule has 0 unspecified atom stereocenters. The molecule has 0 aliphatic carbocycles. The monoisotopic (exact) mass is 208 g/mol. The summed E-state index contributed by atoms with van der Waals surface area (Å²) in [6.45, 7) is 0. The maximum absolute atomic E-state index is 10.2. The van der Waals surface area contributed by atoms with Crippen LogP contribution in [-0.4, -0.2) is 22.2 Å². The van der Waals surface area contributed by atoms with Crippen molar-refractivity contribution in [3.8, 4) is 0 Å². The van der Waals surface area contributed by atoms with E-state index in [2.05, 4.69) is 0 Å². The van der Waals surface area contributed by atoms with Gasteiger partial charge in [0.2, 0.25) is 0 Å². The van der Waals surface area contributed by atoms with Crippen molar-refractivity contribution in [1.82, 2.24) is 0 Å². The first-order chi connectivity index (χ1) is 7.08. The van der Waals surface area contributed by atoms with Crippen LogP contribution in [0.1, 0.15) is 11.5 Å². The summed E-state index contributed by atoms with van der Waals surface area (Å²) in [5.74, 6) is -1.45. The van der Waals surface area contributed by atoms with E-state index in [9.17, 15) is 9.59 Å². The van der Waals surface area contributed by atoms with E-state index < -0.39 is 11.9 Å². The zero-order valence-corrected chi connectivity index (χ0v) is 7.58. The average Bonchev–Trinajstić information content (AvgIpc) is 2.59. The Morgan fingerprint density at radius 2 is 1.40 bits per heavy atom. The fourth-order valence-electron chi connectivity index (χ4n) is 0.854. The summed E-state index contributed by atoms with van der Waals surface area (Å²) >= 11 is 0. The van der Waals surface area contributed by atoms with Crippen LogP contribution in [-0.2, 0) is 9.59 Å². The second kappa shape index (κ2) is 4.80. The van der Waals surface area contributed by atoms with Gasteiger partial charge in [0.25, 0.3) is 0 Å². The molecule has 1 aromatic heterocycles. The molecule has 0 aliphatic rings. The number of aliphatic carboxylic acids is 2. The van der Waals surface area contributed by atoms with Crippen LogP contribution in [0.3, 0.4) is 0 Å². The molecule has 0 amide bonds. The Labute approximate surface area is 84.9 Å². The van der Waals surface area contributed by atoms with Crippen LogP contribution in [0.5, 0.6) is 0 Å². The van der Waals surface area contributed by atoms with Crippen LogP contribution in [0.15, 0.2) is 28.7 Å². The average molecular weight is 208 g/mol. The normalized spacial score (nSPS) is 11.2. The highest BCUT2D eigenvalue weighted by molar-refractivity contribution is 5.85. The fourth-order valence-corrected chi connectivity index (χ4v) is 0.854. The first kappa shape index (κ1) is 10.8. The highest BCUT2D eigenvalue weighted by Gasteiger charge is 1.97. The Hall–Kier alpha value is -2.30. The van der Waals surface area contributed by atoms with Gasteiger partial charge >= 0.3 is 11.9 Å². The van der Waals surface area contributed by atoms with Gasteiger partial charge in [-0.25, -0.2) is 9.59 Å². The highest BCUT2D eigenvalue weighted by atomic mass is 16.4. The van der Waals surface area contributed by atoms with Crippen LogP contribution in [0.25, 0.3) is 12.2 Å². The van der Waals surface area contributed by atoms with E-state index in [4.69, 9.17) is 14.6 Å². The van der Waals surface area contributed by atoms with Crippen molar-refractivity contribution in [3.63, 3.8) is 0 Å². The number of carbonyl (C=O) groups is 2. The number of furan rings is 1. The molecule has 0 aliphatic heterocycles. The molecule has 78 valence electrons. The Bertz CT molecular complexity index is 386. The third kappa shape index (κ3) is 3.95. The third-order valence-electron chi connectivity index (χ3n) is 1.43. The summed E-state index contributed by atoms with van der Waals surface area (Å²) in [4.78, 5) is 20.3. The van der Waals surface area contributed by atoms with E-state index in [-0.39, 0.29) is 0 Å². The number of carboxylic acids is 2. The number of hydrogen-bond acceptors (Lipinski definition) is 3. The zero-order valence-electron chi connectivity index (χ0n) is 7.58. The molecule has 0 saturated heterocycles. The predicted molar refractivity (Wildman–Crippen MR) is 52.0 cm³/mol. The summed E-state index contributed by atoms with van der Waals surface area (Å²) in [5.41, 5.74) is 0. The number of carboxylic acid groups (broad SMARTS) is 2. The van der Waals surface area contributed by atoms with Gasteiger partial charge < -0.3 is 14.6 Å². The van der Waals surface area contributed by atoms with Crippen molar-refractivity contribution in [2.45, 2.75) is 0 Å². The summed E-state index contributed by atoms with van der Waals surface area (Å²) in [6, 6.07) is 3.09. The molecular formula is C10H8O5. The maximum Gasteiger partial charge on any atom is 0.328 e. The molecule has 0 saturated carbocycles. The predicted octanol–water partition coefficient (Wildman–Crippen LogP) is 1.48. The summed E-state index contributed by atoms with van der Waals surface area (Å²) in [5, 5.41) is 16.7. The summed E-state index contributed by atoms with van der Waals surface area (Å²) in [6.07, 6.45) is 4.42. The molecule has 0 bridgehead atoms. The van der Waals surface area contributed by atoms with Gasteiger partial charge in [-0.2, -0.15) is 0 Å². The lowest BCUT2D eigenvalue weighted by Gasteiger charge is -1.84. The largest absolute Gasteiger partial charge is 0.478 e. The lowest BCUT2D eigenvalue weighted by atomic mass is 10.3. The van der Waals surface area contributed by atoms with Crippen LogP contribution in [0.2, 0.25) is 0 Å². The Morgan fingerprint density at radius 3 is 1.73 bits per heavy atom. The second-order valence-electron chi connectivity index (χ2n) is 2.58. The van der Waals surface area contributed by atoms with E-state index in [1.807, 2.05) is 0 Å². The minimum atomic E-state index is -1.07. The molecule has 0 fully saturated rings. The number of rotatable bonds is 4. The third-order valence-corrected chi connectivity index (χ3v) is 1.43. The van der Waals surface area contributed by atoms with Crippen molar-refractivity contribution >= 4 is 24.1 Å². The van der Waals surface area contributed by atoms with E-state index in [1.54, 1.807) is 12.1 Å². The van der Waals surface area contributed by atoms with Crippen molar-refractivity contribution in [2.75, 3.05) is 0 Å². The molecule has 0 radical (unpaired) electrons. The van der Waals surface area contributed by atoms with Gasteiger partial charge in [0.05, 0.1) is 0 Å².